The molecule has 1 aliphatic rings. The SMILES string of the molecule is C[n+]1c2n(c3ccccc31)Cc1ccccc1-2. The van der Waals surface area contributed by atoms with Crippen LogP contribution in [0.3, 0.4) is 0 Å². The molecule has 0 amide bonds. The molecule has 0 aliphatic carbocycles. The fourth-order valence-electron chi connectivity index (χ4n) is 2.92. The molecule has 1 aromatic heterocycles. The van der Waals surface area contributed by atoms with Gasteiger partial charge in [0.2, 0.25) is 0 Å². The average molecular weight is 221 g/mol. The first-order valence-corrected chi connectivity index (χ1v) is 5.92. The van der Waals surface area contributed by atoms with E-state index >= 15 is 0 Å². The van der Waals surface area contributed by atoms with E-state index in [0.717, 1.165) is 6.54 Å². The van der Waals surface area contributed by atoms with E-state index in [1.165, 1.54) is 28.0 Å². The molecule has 0 saturated heterocycles. The van der Waals surface area contributed by atoms with E-state index in [-0.39, 0.29) is 0 Å². The summed E-state index contributed by atoms with van der Waals surface area (Å²) in [4.78, 5) is 0. The molecule has 2 nitrogen and oxygen atoms in total. The van der Waals surface area contributed by atoms with Crippen LogP contribution in [-0.4, -0.2) is 4.57 Å². The van der Waals surface area contributed by atoms with Crippen molar-refractivity contribution >= 4 is 11.0 Å². The highest BCUT2D eigenvalue weighted by atomic mass is 15.2. The van der Waals surface area contributed by atoms with Crippen LogP contribution < -0.4 is 4.57 Å². The smallest absolute Gasteiger partial charge is 0.226 e. The zero-order valence-corrected chi connectivity index (χ0v) is 9.72. The van der Waals surface area contributed by atoms with Gasteiger partial charge < -0.3 is 0 Å². The lowest BCUT2D eigenvalue weighted by Crippen LogP contribution is -2.29. The van der Waals surface area contributed by atoms with Crippen molar-refractivity contribution in [3.05, 3.63) is 54.1 Å². The van der Waals surface area contributed by atoms with Crippen molar-refractivity contribution in [2.24, 2.45) is 7.05 Å². The van der Waals surface area contributed by atoms with Crippen molar-refractivity contribution in [3.8, 4) is 11.4 Å². The average Bonchev–Trinajstić information content (AvgIpc) is 2.88. The fourth-order valence-corrected chi connectivity index (χ4v) is 2.92. The van der Waals surface area contributed by atoms with Crippen molar-refractivity contribution in [3.63, 3.8) is 0 Å². The van der Waals surface area contributed by atoms with E-state index in [1.807, 2.05) is 0 Å². The summed E-state index contributed by atoms with van der Waals surface area (Å²) in [6.45, 7) is 0.993. The molecule has 1 aliphatic heterocycles. The molecule has 0 fully saturated rings. The van der Waals surface area contributed by atoms with Gasteiger partial charge in [-0.1, -0.05) is 30.3 Å². The number of fused-ring (bicyclic) bond motifs is 5. The van der Waals surface area contributed by atoms with Crippen LogP contribution in [0.25, 0.3) is 22.4 Å². The molecule has 0 bridgehead atoms. The van der Waals surface area contributed by atoms with Gasteiger partial charge in [-0.05, 0) is 18.2 Å². The topological polar surface area (TPSA) is 8.81 Å². The Balaban J connectivity index is 2.17. The zero-order chi connectivity index (χ0) is 11.4. The van der Waals surface area contributed by atoms with Gasteiger partial charge in [0, 0.05) is 5.56 Å². The number of para-hydroxylation sites is 2. The first kappa shape index (κ1) is 8.99. The summed E-state index contributed by atoms with van der Waals surface area (Å²) in [5.41, 5.74) is 5.41. The van der Waals surface area contributed by atoms with Crippen LogP contribution >= 0.6 is 0 Å². The Morgan fingerprint density at radius 2 is 1.76 bits per heavy atom. The molecule has 0 saturated carbocycles. The summed E-state index contributed by atoms with van der Waals surface area (Å²) < 4.78 is 4.70. The van der Waals surface area contributed by atoms with Gasteiger partial charge in [-0.25, -0.2) is 9.13 Å². The molecule has 0 radical (unpaired) electrons. The number of rotatable bonds is 0. The van der Waals surface area contributed by atoms with E-state index in [1.54, 1.807) is 0 Å². The highest BCUT2D eigenvalue weighted by Crippen LogP contribution is 2.32. The number of hydrogen-bond acceptors (Lipinski definition) is 0. The van der Waals surface area contributed by atoms with Crippen LogP contribution in [0.1, 0.15) is 5.56 Å². The Kier molecular flexibility index (Phi) is 1.57. The summed E-state index contributed by atoms with van der Waals surface area (Å²) in [5.74, 6) is 1.32. The third-order valence-electron chi connectivity index (χ3n) is 3.69. The minimum absolute atomic E-state index is 0.993. The standard InChI is InChI=1S/C15H13N2/c1-16-13-8-4-5-9-14(13)17-10-11-6-2-3-7-12(11)15(16)17/h2-9H,10H2,1H3/q+1. The Hall–Kier alpha value is -2.09. The van der Waals surface area contributed by atoms with E-state index < -0.39 is 0 Å². The van der Waals surface area contributed by atoms with Gasteiger partial charge in [-0.2, -0.15) is 0 Å². The Bertz CT molecular complexity index is 738. The van der Waals surface area contributed by atoms with E-state index in [9.17, 15) is 0 Å². The van der Waals surface area contributed by atoms with E-state index in [0.29, 0.717) is 0 Å². The van der Waals surface area contributed by atoms with Crippen molar-refractivity contribution in [2.45, 2.75) is 6.54 Å². The summed E-state index contributed by atoms with van der Waals surface area (Å²) in [6.07, 6.45) is 0. The van der Waals surface area contributed by atoms with Crippen molar-refractivity contribution in [1.82, 2.24) is 4.57 Å². The Morgan fingerprint density at radius 1 is 1.00 bits per heavy atom. The third kappa shape index (κ3) is 1.02. The molecule has 2 heteroatoms. The molecule has 17 heavy (non-hydrogen) atoms. The van der Waals surface area contributed by atoms with Gasteiger partial charge in [-0.3, -0.25) is 0 Å². The van der Waals surface area contributed by atoms with Crippen LogP contribution in [0.2, 0.25) is 0 Å². The van der Waals surface area contributed by atoms with Gasteiger partial charge in [0.1, 0.15) is 6.54 Å². The van der Waals surface area contributed by atoms with Gasteiger partial charge in [0.05, 0.1) is 12.6 Å². The maximum Gasteiger partial charge on any atom is 0.290 e. The largest absolute Gasteiger partial charge is 0.290 e. The molecule has 2 heterocycles. The number of benzene rings is 2. The molecular formula is C15H13N2+. The molecule has 3 aromatic rings. The summed E-state index contributed by atoms with van der Waals surface area (Å²) >= 11 is 0. The highest BCUT2D eigenvalue weighted by molar-refractivity contribution is 5.78. The minimum Gasteiger partial charge on any atom is -0.226 e. The van der Waals surface area contributed by atoms with Gasteiger partial charge in [0.15, 0.2) is 11.0 Å². The fraction of sp³-hybridized carbons (Fsp3) is 0.133. The molecule has 0 N–H and O–H groups in total. The highest BCUT2D eigenvalue weighted by Gasteiger charge is 2.31. The Labute approximate surface area is 99.7 Å². The molecule has 82 valence electrons. The lowest BCUT2D eigenvalue weighted by Gasteiger charge is -1.95. The lowest BCUT2D eigenvalue weighted by molar-refractivity contribution is -0.633. The first-order chi connectivity index (χ1) is 8.36. The minimum atomic E-state index is 0.993. The van der Waals surface area contributed by atoms with Crippen molar-refractivity contribution in [1.29, 1.82) is 0 Å². The predicted octanol–water partition coefficient (Wildman–Crippen LogP) is 2.49. The van der Waals surface area contributed by atoms with Crippen LogP contribution in [-0.2, 0) is 13.6 Å². The monoisotopic (exact) mass is 221 g/mol. The van der Waals surface area contributed by atoms with Gasteiger partial charge in [0.25, 0.3) is 5.82 Å². The normalized spacial score (nSPS) is 12.8. The summed E-state index contributed by atoms with van der Waals surface area (Å²) in [6, 6.07) is 17.3. The first-order valence-electron chi connectivity index (χ1n) is 5.92. The van der Waals surface area contributed by atoms with Crippen LogP contribution in [0, 0.1) is 0 Å². The number of hydrogen-bond donors (Lipinski definition) is 0. The van der Waals surface area contributed by atoms with E-state index in [2.05, 4.69) is 64.7 Å². The van der Waals surface area contributed by atoms with E-state index in [4.69, 9.17) is 0 Å². The quantitative estimate of drug-likeness (QED) is 0.403. The second-order valence-corrected chi connectivity index (χ2v) is 4.61. The van der Waals surface area contributed by atoms with Gasteiger partial charge >= 0.3 is 0 Å². The maximum atomic E-state index is 2.40. The van der Waals surface area contributed by atoms with Crippen molar-refractivity contribution < 1.29 is 4.57 Å². The maximum absolute atomic E-state index is 2.40. The molecular weight excluding hydrogens is 208 g/mol. The second kappa shape index (κ2) is 2.98. The third-order valence-corrected chi connectivity index (χ3v) is 3.69. The molecule has 0 atom stereocenters. The Morgan fingerprint density at radius 3 is 2.71 bits per heavy atom. The van der Waals surface area contributed by atoms with Crippen molar-refractivity contribution in [2.75, 3.05) is 0 Å². The second-order valence-electron chi connectivity index (χ2n) is 4.61. The summed E-state index contributed by atoms with van der Waals surface area (Å²) in [7, 11) is 2.15. The zero-order valence-electron chi connectivity index (χ0n) is 9.72. The molecule has 0 spiro atoms. The van der Waals surface area contributed by atoms with Gasteiger partial charge in [-0.15, -0.1) is 0 Å². The molecule has 0 unspecified atom stereocenters. The van der Waals surface area contributed by atoms with Crippen LogP contribution in [0.4, 0.5) is 0 Å². The number of imidazole rings is 1. The lowest BCUT2D eigenvalue weighted by atomic mass is 10.1. The molecule has 4 rings (SSSR count). The molecule has 2 aromatic carbocycles. The van der Waals surface area contributed by atoms with Crippen LogP contribution in [0.5, 0.6) is 0 Å². The number of nitrogens with zero attached hydrogens (tertiary/aromatic N) is 2. The number of aryl methyl sites for hydroxylation is 1. The summed E-state index contributed by atoms with van der Waals surface area (Å²) in [5, 5.41) is 0. The predicted molar refractivity (Wildman–Crippen MR) is 67.7 cm³/mol. The number of aromatic nitrogens is 2. The van der Waals surface area contributed by atoms with Crippen LogP contribution in [0.15, 0.2) is 48.5 Å².